The van der Waals surface area contributed by atoms with E-state index in [0.29, 0.717) is 0 Å². The average molecular weight is 299 g/mol. The molecule has 3 rings (SSSR count). The van der Waals surface area contributed by atoms with E-state index in [1.807, 2.05) is 36.6 Å². The Morgan fingerprint density at radius 3 is 2.95 bits per heavy atom. The third kappa shape index (κ3) is 4.59. The molecule has 0 aliphatic carbocycles. The molecule has 0 unspecified atom stereocenters. The van der Waals surface area contributed by atoms with Crippen LogP contribution in [0.4, 0.5) is 5.69 Å². The molecule has 0 atom stereocenters. The Hall–Kier alpha value is -1.83. The summed E-state index contributed by atoms with van der Waals surface area (Å²) in [7, 11) is 1.99. The molecule has 1 aliphatic heterocycles. The van der Waals surface area contributed by atoms with Crippen molar-refractivity contribution in [2.45, 2.75) is 19.3 Å². The summed E-state index contributed by atoms with van der Waals surface area (Å²) < 4.78 is 0. The van der Waals surface area contributed by atoms with E-state index in [9.17, 15) is 0 Å². The summed E-state index contributed by atoms with van der Waals surface area (Å²) in [5.74, 6) is 0. The van der Waals surface area contributed by atoms with Crippen molar-refractivity contribution in [3.8, 4) is 6.07 Å². The minimum absolute atomic E-state index is 0.812. The van der Waals surface area contributed by atoms with Gasteiger partial charge in [-0.25, -0.2) is 0 Å². The number of rotatable bonds is 4. The number of fused-ring (bicyclic) bond motifs is 1. The van der Waals surface area contributed by atoms with Gasteiger partial charge in [0, 0.05) is 17.1 Å². The van der Waals surface area contributed by atoms with Gasteiger partial charge in [0.15, 0.2) is 0 Å². The van der Waals surface area contributed by atoms with Crippen molar-refractivity contribution in [1.29, 1.82) is 5.26 Å². The van der Waals surface area contributed by atoms with E-state index < -0.39 is 0 Å². The predicted molar refractivity (Wildman–Crippen MR) is 89.9 cm³/mol. The van der Waals surface area contributed by atoms with Crippen LogP contribution in [0.3, 0.4) is 0 Å². The summed E-state index contributed by atoms with van der Waals surface area (Å²) in [6, 6.07) is 12.3. The van der Waals surface area contributed by atoms with Crippen LogP contribution >= 0.6 is 11.3 Å². The first kappa shape index (κ1) is 15.6. The fraction of sp³-hybridized carbons (Fsp3) is 0.353. The topological polar surface area (TPSA) is 47.9 Å². The summed E-state index contributed by atoms with van der Waals surface area (Å²) in [5, 5.41) is 17.2. The highest BCUT2D eigenvalue weighted by Gasteiger charge is 2.12. The Bertz CT molecular complexity index is 585. The van der Waals surface area contributed by atoms with E-state index in [1.165, 1.54) is 23.3 Å². The summed E-state index contributed by atoms with van der Waals surface area (Å²) in [5.41, 5.74) is 3.12. The molecule has 1 aromatic heterocycles. The van der Waals surface area contributed by atoms with Crippen LogP contribution in [0.25, 0.3) is 0 Å². The van der Waals surface area contributed by atoms with Gasteiger partial charge in [0.25, 0.3) is 0 Å². The number of hydrogen-bond donors (Lipinski definition) is 2. The highest BCUT2D eigenvalue weighted by atomic mass is 32.1. The van der Waals surface area contributed by atoms with Crippen LogP contribution in [0.1, 0.15) is 22.4 Å². The van der Waals surface area contributed by atoms with Crippen LogP contribution in [-0.4, -0.2) is 20.1 Å². The van der Waals surface area contributed by atoms with Gasteiger partial charge >= 0.3 is 0 Å². The minimum Gasteiger partial charge on any atom is -0.384 e. The lowest BCUT2D eigenvalue weighted by atomic mass is 10.1. The second-order valence-electron chi connectivity index (χ2n) is 4.91. The summed E-state index contributed by atoms with van der Waals surface area (Å²) in [6.07, 6.45) is 3.45. The molecular weight excluding hydrogens is 278 g/mol. The minimum atomic E-state index is 0.812. The molecule has 0 radical (unpaired) electrons. The van der Waals surface area contributed by atoms with Gasteiger partial charge < -0.3 is 10.6 Å². The number of aryl methyl sites for hydroxylation is 1. The van der Waals surface area contributed by atoms with Gasteiger partial charge in [0.2, 0.25) is 0 Å². The van der Waals surface area contributed by atoms with Crippen molar-refractivity contribution in [2.24, 2.45) is 0 Å². The Labute approximate surface area is 130 Å². The van der Waals surface area contributed by atoms with Gasteiger partial charge in [-0.2, -0.15) is 5.26 Å². The molecule has 2 N–H and O–H groups in total. The molecule has 0 saturated heterocycles. The van der Waals surface area contributed by atoms with Gasteiger partial charge in [0.1, 0.15) is 0 Å². The van der Waals surface area contributed by atoms with Crippen LogP contribution in [-0.2, 0) is 12.8 Å². The fourth-order valence-corrected chi connectivity index (χ4v) is 3.09. The van der Waals surface area contributed by atoms with E-state index >= 15 is 0 Å². The zero-order chi connectivity index (χ0) is 14.9. The van der Waals surface area contributed by atoms with Gasteiger partial charge in [-0.05, 0) is 62.0 Å². The zero-order valence-electron chi connectivity index (χ0n) is 12.4. The molecule has 0 bridgehead atoms. The lowest BCUT2D eigenvalue weighted by molar-refractivity contribution is 0.729. The summed E-state index contributed by atoms with van der Waals surface area (Å²) in [6.45, 7) is 2.09. The van der Waals surface area contributed by atoms with Crippen molar-refractivity contribution in [3.63, 3.8) is 0 Å². The highest BCUT2D eigenvalue weighted by Crippen LogP contribution is 2.24. The quantitative estimate of drug-likeness (QED) is 0.850. The first-order valence-electron chi connectivity index (χ1n) is 7.28. The first-order valence-corrected chi connectivity index (χ1v) is 8.16. The number of hydrogen-bond acceptors (Lipinski definition) is 4. The van der Waals surface area contributed by atoms with Crippen LogP contribution in [0.2, 0.25) is 0 Å². The summed E-state index contributed by atoms with van der Waals surface area (Å²) >= 11 is 1.85. The van der Waals surface area contributed by atoms with Crippen LogP contribution in [0.5, 0.6) is 0 Å². The fourth-order valence-electron chi connectivity index (χ4n) is 2.34. The number of thiophene rings is 1. The maximum absolute atomic E-state index is 8.72. The van der Waals surface area contributed by atoms with E-state index in [1.54, 1.807) is 0 Å². The molecule has 0 amide bonds. The van der Waals surface area contributed by atoms with Gasteiger partial charge in [-0.1, -0.05) is 12.1 Å². The van der Waals surface area contributed by atoms with Gasteiger partial charge in [-0.3, -0.25) is 0 Å². The third-order valence-electron chi connectivity index (χ3n) is 3.42. The van der Waals surface area contributed by atoms with Crippen molar-refractivity contribution >= 4 is 17.0 Å². The van der Waals surface area contributed by atoms with E-state index in [4.69, 9.17) is 5.26 Å². The van der Waals surface area contributed by atoms with Crippen LogP contribution in [0, 0.1) is 11.3 Å². The Morgan fingerprint density at radius 2 is 2.24 bits per heavy atom. The Balaban J connectivity index is 0.000000155. The molecule has 21 heavy (non-hydrogen) atoms. The molecule has 1 aromatic carbocycles. The average Bonchev–Trinajstić information content (AvgIpc) is 3.18. The highest BCUT2D eigenvalue weighted by molar-refractivity contribution is 7.09. The number of nitriles is 1. The Morgan fingerprint density at radius 1 is 1.33 bits per heavy atom. The summed E-state index contributed by atoms with van der Waals surface area (Å²) in [4.78, 5) is 1.50. The standard InChI is InChI=1S/C9H8N2.C8H13NS/c10-6-7-2-1-3-9-8(7)4-5-11-9;1-9-6-2-4-8-5-3-7-10-8/h1-3,11H,4-5H2;3,5,7,9H,2,4,6H2,1H3. The number of anilines is 1. The van der Waals surface area contributed by atoms with Crippen LogP contribution in [0.15, 0.2) is 35.7 Å². The largest absolute Gasteiger partial charge is 0.384 e. The van der Waals surface area contributed by atoms with Crippen molar-refractivity contribution in [2.75, 3.05) is 25.5 Å². The molecule has 1 aliphatic rings. The van der Waals surface area contributed by atoms with Gasteiger partial charge in [0.05, 0.1) is 11.6 Å². The second kappa shape index (κ2) is 8.46. The molecule has 0 saturated carbocycles. The molecular formula is C17H21N3S. The number of nitrogens with zero attached hydrogens (tertiary/aromatic N) is 1. The molecule has 2 heterocycles. The predicted octanol–water partition coefficient (Wildman–Crippen LogP) is 3.43. The van der Waals surface area contributed by atoms with E-state index in [-0.39, 0.29) is 0 Å². The SMILES string of the molecule is CNCCCc1cccs1.N#Cc1cccc2c1CCN2. The van der Waals surface area contributed by atoms with E-state index in [0.717, 1.165) is 30.8 Å². The lowest BCUT2D eigenvalue weighted by Gasteiger charge is -1.98. The second-order valence-corrected chi connectivity index (χ2v) is 5.94. The lowest BCUT2D eigenvalue weighted by Crippen LogP contribution is -2.07. The monoisotopic (exact) mass is 299 g/mol. The van der Waals surface area contributed by atoms with Crippen molar-refractivity contribution < 1.29 is 0 Å². The number of benzene rings is 1. The molecule has 0 fully saturated rings. The van der Waals surface area contributed by atoms with Crippen molar-refractivity contribution in [1.82, 2.24) is 5.32 Å². The van der Waals surface area contributed by atoms with Gasteiger partial charge in [-0.15, -0.1) is 11.3 Å². The molecule has 3 nitrogen and oxygen atoms in total. The zero-order valence-corrected chi connectivity index (χ0v) is 13.2. The van der Waals surface area contributed by atoms with E-state index in [2.05, 4.69) is 34.2 Å². The van der Waals surface area contributed by atoms with Crippen molar-refractivity contribution in [3.05, 3.63) is 51.7 Å². The molecule has 110 valence electrons. The molecule has 4 heteroatoms. The number of nitrogens with one attached hydrogen (secondary N) is 2. The Kier molecular flexibility index (Phi) is 6.26. The first-order chi connectivity index (χ1) is 10.3. The normalized spacial score (nSPS) is 11.8. The maximum Gasteiger partial charge on any atom is 0.0995 e. The molecule has 2 aromatic rings. The maximum atomic E-state index is 8.72. The molecule has 0 spiro atoms. The smallest absolute Gasteiger partial charge is 0.0995 e. The van der Waals surface area contributed by atoms with Crippen LogP contribution < -0.4 is 10.6 Å². The third-order valence-corrected chi connectivity index (χ3v) is 4.35.